The van der Waals surface area contributed by atoms with Crippen LogP contribution in [-0.2, 0) is 5.41 Å². The van der Waals surface area contributed by atoms with Gasteiger partial charge in [0.05, 0.1) is 0 Å². The lowest BCUT2D eigenvalue weighted by Crippen LogP contribution is -2.15. The molecule has 1 aliphatic rings. The van der Waals surface area contributed by atoms with E-state index in [9.17, 15) is 0 Å². The van der Waals surface area contributed by atoms with Gasteiger partial charge < -0.3 is 0 Å². The van der Waals surface area contributed by atoms with E-state index in [0.717, 1.165) is 0 Å². The average molecular weight is 629 g/mol. The van der Waals surface area contributed by atoms with Gasteiger partial charge in [-0.15, -0.1) is 11.3 Å². The number of fused-ring (bicyclic) bond motifs is 9. The van der Waals surface area contributed by atoms with E-state index in [1.165, 1.54) is 97.4 Å². The van der Waals surface area contributed by atoms with E-state index in [2.05, 4.69) is 172 Å². The zero-order valence-electron chi connectivity index (χ0n) is 26.9. The minimum absolute atomic E-state index is 0.0840. The molecule has 9 aromatic rings. The van der Waals surface area contributed by atoms with Crippen molar-refractivity contribution in [2.24, 2.45) is 0 Å². The van der Waals surface area contributed by atoms with Crippen LogP contribution in [0.25, 0.3) is 86.2 Å². The Morgan fingerprint density at radius 3 is 1.54 bits per heavy atom. The van der Waals surface area contributed by atoms with Gasteiger partial charge in [0.25, 0.3) is 0 Å². The second-order valence-corrected chi connectivity index (χ2v) is 14.7. The lowest BCUT2D eigenvalue weighted by molar-refractivity contribution is 0.667. The molecule has 0 unspecified atom stereocenters. The molecule has 0 N–H and O–H groups in total. The summed E-state index contributed by atoms with van der Waals surface area (Å²) >= 11 is 1.94. The van der Waals surface area contributed by atoms with Gasteiger partial charge in [-0.1, -0.05) is 159 Å². The second-order valence-electron chi connectivity index (χ2n) is 13.6. The molecule has 0 saturated heterocycles. The predicted molar refractivity (Wildman–Crippen MR) is 208 cm³/mol. The maximum absolute atomic E-state index is 2.45. The van der Waals surface area contributed by atoms with Crippen LogP contribution in [0, 0.1) is 0 Å². The van der Waals surface area contributed by atoms with Crippen LogP contribution in [0.4, 0.5) is 0 Å². The molecule has 0 spiro atoms. The molecule has 0 nitrogen and oxygen atoms in total. The standard InChI is InChI=1S/C47H32S/c1-47(2)41-28-32(24-25-33(41)39-26-27-40-34-14-10-11-19-42(34)48-46(40)45(39)47)29-20-22-31(23-21-29)44-37-17-8-6-15-35(37)43(30-12-4-3-5-13-30)36-16-7-9-18-38(36)44/h3-28H,1-2H3. The highest BCUT2D eigenvalue weighted by atomic mass is 32.1. The predicted octanol–water partition coefficient (Wildman–Crippen LogP) is 13.7. The van der Waals surface area contributed by atoms with Gasteiger partial charge in [-0.25, -0.2) is 0 Å². The molecule has 0 amide bonds. The first-order valence-electron chi connectivity index (χ1n) is 16.8. The Labute approximate surface area is 284 Å². The lowest BCUT2D eigenvalue weighted by atomic mass is 9.81. The molecule has 1 aromatic heterocycles. The fourth-order valence-corrected chi connectivity index (χ4v) is 9.84. The van der Waals surface area contributed by atoms with Crippen LogP contribution in [0.1, 0.15) is 25.0 Å². The number of rotatable bonds is 3. The van der Waals surface area contributed by atoms with Crippen molar-refractivity contribution in [1.82, 2.24) is 0 Å². The number of hydrogen-bond acceptors (Lipinski definition) is 1. The fourth-order valence-electron chi connectivity index (χ4n) is 8.43. The third-order valence-corrected chi connectivity index (χ3v) is 11.9. The largest absolute Gasteiger partial charge is 0.135 e. The van der Waals surface area contributed by atoms with Crippen molar-refractivity contribution in [3.63, 3.8) is 0 Å². The normalized spacial score (nSPS) is 13.4. The fraction of sp³-hybridized carbons (Fsp3) is 0.0638. The summed E-state index contributed by atoms with van der Waals surface area (Å²) in [5.41, 5.74) is 13.2. The maximum Gasteiger partial charge on any atom is 0.0402 e. The summed E-state index contributed by atoms with van der Waals surface area (Å²) in [4.78, 5) is 0. The van der Waals surface area contributed by atoms with Crippen LogP contribution in [0.15, 0.2) is 158 Å². The van der Waals surface area contributed by atoms with Crippen molar-refractivity contribution in [1.29, 1.82) is 0 Å². The molecule has 10 rings (SSSR count). The van der Waals surface area contributed by atoms with Crippen molar-refractivity contribution in [2.45, 2.75) is 19.3 Å². The molecule has 48 heavy (non-hydrogen) atoms. The summed E-state index contributed by atoms with van der Waals surface area (Å²) < 4.78 is 2.79. The summed E-state index contributed by atoms with van der Waals surface area (Å²) in [6.45, 7) is 4.81. The number of thiophene rings is 1. The highest BCUT2D eigenvalue weighted by molar-refractivity contribution is 7.26. The van der Waals surface area contributed by atoms with Crippen molar-refractivity contribution in [3.05, 3.63) is 169 Å². The zero-order valence-corrected chi connectivity index (χ0v) is 27.7. The minimum atomic E-state index is -0.0840. The highest BCUT2D eigenvalue weighted by Gasteiger charge is 2.38. The molecule has 0 bridgehead atoms. The van der Waals surface area contributed by atoms with Crippen LogP contribution >= 0.6 is 11.3 Å². The van der Waals surface area contributed by atoms with Gasteiger partial charge >= 0.3 is 0 Å². The van der Waals surface area contributed by atoms with Crippen molar-refractivity contribution < 1.29 is 0 Å². The second kappa shape index (κ2) is 10.2. The molecule has 226 valence electrons. The summed E-state index contributed by atoms with van der Waals surface area (Å²) in [7, 11) is 0. The van der Waals surface area contributed by atoms with Crippen LogP contribution in [0.2, 0.25) is 0 Å². The van der Waals surface area contributed by atoms with Gasteiger partial charge in [-0.05, 0) is 89.3 Å². The average Bonchev–Trinajstić information content (AvgIpc) is 3.62. The molecule has 1 aliphatic carbocycles. The highest BCUT2D eigenvalue weighted by Crippen LogP contribution is 2.54. The Morgan fingerprint density at radius 2 is 0.896 bits per heavy atom. The van der Waals surface area contributed by atoms with Crippen molar-refractivity contribution >= 4 is 53.1 Å². The first-order valence-corrected chi connectivity index (χ1v) is 17.6. The summed E-state index contributed by atoms with van der Waals surface area (Å²) in [6, 6.07) is 58.5. The minimum Gasteiger partial charge on any atom is -0.135 e. The molecular weight excluding hydrogens is 597 g/mol. The van der Waals surface area contributed by atoms with E-state index in [4.69, 9.17) is 0 Å². The molecule has 0 radical (unpaired) electrons. The zero-order chi connectivity index (χ0) is 32.0. The quantitative estimate of drug-likeness (QED) is 0.171. The van der Waals surface area contributed by atoms with E-state index in [1.54, 1.807) is 0 Å². The molecule has 0 fully saturated rings. The Hall–Kier alpha value is -5.50. The van der Waals surface area contributed by atoms with Gasteiger partial charge in [0, 0.05) is 25.6 Å². The van der Waals surface area contributed by atoms with Gasteiger partial charge in [-0.3, -0.25) is 0 Å². The first kappa shape index (κ1) is 27.6. The Kier molecular flexibility index (Phi) is 5.89. The molecule has 0 atom stereocenters. The summed E-state index contributed by atoms with van der Waals surface area (Å²) in [5.74, 6) is 0. The molecule has 1 heterocycles. The van der Waals surface area contributed by atoms with Crippen molar-refractivity contribution in [2.75, 3.05) is 0 Å². The van der Waals surface area contributed by atoms with Crippen LogP contribution in [0.3, 0.4) is 0 Å². The van der Waals surface area contributed by atoms with E-state index in [1.807, 2.05) is 11.3 Å². The Bertz CT molecular complexity index is 2670. The number of benzene rings is 8. The van der Waals surface area contributed by atoms with E-state index in [0.29, 0.717) is 0 Å². The molecule has 1 heteroatoms. The summed E-state index contributed by atoms with van der Waals surface area (Å²) in [6.07, 6.45) is 0. The molecule has 0 aliphatic heterocycles. The molecule has 8 aromatic carbocycles. The SMILES string of the molecule is CC1(C)c2cc(-c3ccc(-c4c5ccccc5c(-c5ccccc5)c5ccccc45)cc3)ccc2-c2ccc3c(sc4ccccc43)c21. The smallest absolute Gasteiger partial charge is 0.0402 e. The van der Waals surface area contributed by atoms with Crippen LogP contribution < -0.4 is 0 Å². The molecule has 0 saturated carbocycles. The topological polar surface area (TPSA) is 0 Å². The summed E-state index contributed by atoms with van der Waals surface area (Å²) in [5, 5.41) is 7.88. The maximum atomic E-state index is 2.45. The van der Waals surface area contributed by atoms with Crippen LogP contribution in [0.5, 0.6) is 0 Å². The third kappa shape index (κ3) is 3.89. The Morgan fingerprint density at radius 1 is 0.396 bits per heavy atom. The van der Waals surface area contributed by atoms with Gasteiger partial charge in [0.2, 0.25) is 0 Å². The molecular formula is C47H32S. The van der Waals surface area contributed by atoms with Gasteiger partial charge in [-0.2, -0.15) is 0 Å². The van der Waals surface area contributed by atoms with E-state index in [-0.39, 0.29) is 5.41 Å². The van der Waals surface area contributed by atoms with E-state index < -0.39 is 0 Å². The lowest BCUT2D eigenvalue weighted by Gasteiger charge is -2.23. The van der Waals surface area contributed by atoms with Crippen molar-refractivity contribution in [3.8, 4) is 44.5 Å². The van der Waals surface area contributed by atoms with Gasteiger partial charge in [0.15, 0.2) is 0 Å². The van der Waals surface area contributed by atoms with E-state index >= 15 is 0 Å². The Balaban J connectivity index is 1.09. The van der Waals surface area contributed by atoms with Gasteiger partial charge in [0.1, 0.15) is 0 Å². The monoisotopic (exact) mass is 628 g/mol. The van der Waals surface area contributed by atoms with Crippen LogP contribution in [-0.4, -0.2) is 0 Å². The first-order chi connectivity index (χ1) is 23.6. The third-order valence-electron chi connectivity index (χ3n) is 10.7. The number of hydrogen-bond donors (Lipinski definition) is 0.